The third kappa shape index (κ3) is 7.45. The highest BCUT2D eigenvalue weighted by molar-refractivity contribution is 9.10. The number of carbonyl (C=O) groups excluding carboxylic acids is 2. The molecule has 7 nitrogen and oxygen atoms in total. The summed E-state index contributed by atoms with van der Waals surface area (Å²) in [5.41, 5.74) is 3.18. The first-order valence-corrected chi connectivity index (χ1v) is 14.7. The van der Waals surface area contributed by atoms with E-state index in [0.29, 0.717) is 16.7 Å². The number of sulfonamides is 1. The number of amides is 2. The molecule has 0 aliphatic heterocycles. The molecular weight excluding hydrogens is 566 g/mol. The molecule has 3 aromatic rings. The fraction of sp³-hybridized carbons (Fsp3) is 0.310. The van der Waals surface area contributed by atoms with Gasteiger partial charge < -0.3 is 10.2 Å². The van der Waals surface area contributed by atoms with Gasteiger partial charge in [0.2, 0.25) is 11.8 Å². The molecule has 0 bridgehead atoms. The molecule has 1 atom stereocenters. The number of benzene rings is 3. The highest BCUT2D eigenvalue weighted by Crippen LogP contribution is 2.27. The summed E-state index contributed by atoms with van der Waals surface area (Å²) in [6.07, 6.45) is 0.760. The number of anilines is 1. The maximum atomic E-state index is 13.9. The maximum absolute atomic E-state index is 13.9. The summed E-state index contributed by atoms with van der Waals surface area (Å²) < 4.78 is 29.4. The Kier molecular flexibility index (Phi) is 10.1. The van der Waals surface area contributed by atoms with Crippen molar-refractivity contribution in [3.63, 3.8) is 0 Å². The van der Waals surface area contributed by atoms with E-state index < -0.39 is 28.5 Å². The Hall–Kier alpha value is -3.17. The number of nitrogens with zero attached hydrogens (tertiary/aromatic N) is 2. The van der Waals surface area contributed by atoms with Crippen molar-refractivity contribution in [3.05, 3.63) is 94.0 Å². The zero-order chi connectivity index (χ0) is 27.9. The van der Waals surface area contributed by atoms with Crippen LogP contribution in [-0.4, -0.2) is 44.3 Å². The largest absolute Gasteiger partial charge is 0.354 e. The van der Waals surface area contributed by atoms with Crippen molar-refractivity contribution >= 4 is 43.5 Å². The van der Waals surface area contributed by atoms with Gasteiger partial charge in [-0.05, 0) is 63.1 Å². The van der Waals surface area contributed by atoms with Gasteiger partial charge in [-0.1, -0.05) is 76.4 Å². The summed E-state index contributed by atoms with van der Waals surface area (Å²) in [5, 5.41) is 2.85. The summed E-state index contributed by atoms with van der Waals surface area (Å²) in [6.45, 7) is 7.64. The molecule has 0 heterocycles. The highest BCUT2D eigenvalue weighted by atomic mass is 79.9. The van der Waals surface area contributed by atoms with Gasteiger partial charge in [-0.3, -0.25) is 13.9 Å². The van der Waals surface area contributed by atoms with Crippen LogP contribution < -0.4 is 9.62 Å². The first-order valence-electron chi connectivity index (χ1n) is 12.5. The Morgan fingerprint density at radius 1 is 0.947 bits per heavy atom. The van der Waals surface area contributed by atoms with Crippen LogP contribution in [0.4, 0.5) is 5.69 Å². The summed E-state index contributed by atoms with van der Waals surface area (Å²) >= 11 is 3.40. The zero-order valence-corrected chi connectivity index (χ0v) is 24.6. The van der Waals surface area contributed by atoms with Gasteiger partial charge in [0, 0.05) is 17.6 Å². The minimum Gasteiger partial charge on any atom is -0.354 e. The number of carbonyl (C=O) groups is 2. The van der Waals surface area contributed by atoms with E-state index in [9.17, 15) is 18.0 Å². The molecule has 0 aliphatic rings. The molecule has 0 radical (unpaired) electrons. The van der Waals surface area contributed by atoms with Crippen molar-refractivity contribution in [1.82, 2.24) is 10.2 Å². The Morgan fingerprint density at radius 2 is 1.55 bits per heavy atom. The molecule has 0 unspecified atom stereocenters. The van der Waals surface area contributed by atoms with Crippen LogP contribution in [0.1, 0.15) is 37.0 Å². The second-order valence-corrected chi connectivity index (χ2v) is 12.1. The molecule has 0 aliphatic carbocycles. The van der Waals surface area contributed by atoms with Gasteiger partial charge in [0.05, 0.1) is 10.6 Å². The van der Waals surface area contributed by atoms with Gasteiger partial charge in [0.1, 0.15) is 12.6 Å². The summed E-state index contributed by atoms with van der Waals surface area (Å²) in [4.78, 5) is 28.3. The lowest BCUT2D eigenvalue weighted by molar-refractivity contribution is -0.139. The number of hydrogen-bond acceptors (Lipinski definition) is 4. The Balaban J connectivity index is 2.01. The van der Waals surface area contributed by atoms with Gasteiger partial charge in [-0.25, -0.2) is 8.42 Å². The molecular formula is C29H34BrN3O4S. The minimum absolute atomic E-state index is 0.0784. The van der Waals surface area contributed by atoms with Gasteiger partial charge in [-0.2, -0.15) is 0 Å². The van der Waals surface area contributed by atoms with Crippen LogP contribution in [0, 0.1) is 13.8 Å². The lowest BCUT2D eigenvalue weighted by atomic mass is 10.1. The SMILES string of the molecule is CCCNC(=O)[C@H](C)N(Cc1ccc(C)cc1)C(=O)CN(c1cccc(Br)c1)S(=O)(=O)c1ccc(C)cc1. The number of rotatable bonds is 11. The van der Waals surface area contributed by atoms with E-state index >= 15 is 0 Å². The number of hydrogen-bond donors (Lipinski definition) is 1. The molecule has 0 saturated heterocycles. The molecule has 38 heavy (non-hydrogen) atoms. The third-order valence-electron chi connectivity index (χ3n) is 6.17. The fourth-order valence-corrected chi connectivity index (χ4v) is 5.66. The minimum atomic E-state index is -4.09. The quantitative estimate of drug-likeness (QED) is 0.328. The van der Waals surface area contributed by atoms with E-state index in [1.807, 2.05) is 45.0 Å². The van der Waals surface area contributed by atoms with E-state index in [2.05, 4.69) is 21.2 Å². The lowest BCUT2D eigenvalue weighted by Gasteiger charge is -2.32. The summed E-state index contributed by atoms with van der Waals surface area (Å²) in [5.74, 6) is -0.775. The Bertz CT molecular complexity index is 1360. The van der Waals surface area contributed by atoms with Crippen molar-refractivity contribution in [2.45, 2.75) is 51.6 Å². The molecule has 3 aromatic carbocycles. The molecule has 0 aromatic heterocycles. The first-order chi connectivity index (χ1) is 18.0. The first kappa shape index (κ1) is 29.4. The predicted octanol–water partition coefficient (Wildman–Crippen LogP) is 5.20. The number of halogens is 1. The normalized spacial score (nSPS) is 12.0. The molecule has 0 spiro atoms. The van der Waals surface area contributed by atoms with Crippen molar-refractivity contribution in [3.8, 4) is 0 Å². The topological polar surface area (TPSA) is 86.8 Å². The molecule has 202 valence electrons. The van der Waals surface area contributed by atoms with E-state index in [0.717, 1.165) is 27.4 Å². The smallest absolute Gasteiger partial charge is 0.264 e. The second kappa shape index (κ2) is 13.1. The van der Waals surface area contributed by atoms with Gasteiger partial charge in [0.15, 0.2) is 0 Å². The van der Waals surface area contributed by atoms with E-state index in [4.69, 9.17) is 0 Å². The van der Waals surface area contributed by atoms with E-state index in [1.165, 1.54) is 17.0 Å². The Labute approximate surface area is 234 Å². The monoisotopic (exact) mass is 599 g/mol. The van der Waals surface area contributed by atoms with Crippen LogP contribution in [0.5, 0.6) is 0 Å². The average Bonchev–Trinajstić information content (AvgIpc) is 2.89. The molecule has 2 amide bonds. The van der Waals surface area contributed by atoms with E-state index in [1.54, 1.807) is 43.3 Å². The molecule has 3 rings (SSSR count). The highest BCUT2D eigenvalue weighted by Gasteiger charge is 2.32. The summed E-state index contributed by atoms with van der Waals surface area (Å²) in [7, 11) is -4.09. The number of nitrogens with one attached hydrogen (secondary N) is 1. The van der Waals surface area contributed by atoms with Crippen LogP contribution in [0.25, 0.3) is 0 Å². The van der Waals surface area contributed by atoms with Crippen LogP contribution >= 0.6 is 15.9 Å². The van der Waals surface area contributed by atoms with Gasteiger partial charge >= 0.3 is 0 Å². The average molecular weight is 601 g/mol. The van der Waals surface area contributed by atoms with Gasteiger partial charge in [-0.15, -0.1) is 0 Å². The van der Waals surface area contributed by atoms with Crippen LogP contribution in [0.2, 0.25) is 0 Å². The lowest BCUT2D eigenvalue weighted by Crippen LogP contribution is -2.51. The van der Waals surface area contributed by atoms with E-state index in [-0.39, 0.29) is 17.3 Å². The van der Waals surface area contributed by atoms with Crippen molar-refractivity contribution in [1.29, 1.82) is 0 Å². The zero-order valence-electron chi connectivity index (χ0n) is 22.1. The molecule has 0 saturated carbocycles. The standard InChI is InChI=1S/C29H34BrN3O4S/c1-5-17-31-29(35)23(4)32(19-24-13-9-21(2)10-14-24)28(34)20-33(26-8-6-7-25(30)18-26)38(36,37)27-15-11-22(3)12-16-27/h6-16,18,23H,5,17,19-20H2,1-4H3,(H,31,35)/t23-/m0/s1. The van der Waals surface area contributed by atoms with Gasteiger partial charge in [0.25, 0.3) is 10.0 Å². The van der Waals surface area contributed by atoms with Crippen LogP contribution in [0.15, 0.2) is 82.2 Å². The maximum Gasteiger partial charge on any atom is 0.264 e. The summed E-state index contributed by atoms with van der Waals surface area (Å²) in [6, 6.07) is 20.2. The third-order valence-corrected chi connectivity index (χ3v) is 8.46. The number of aryl methyl sites for hydroxylation is 2. The van der Waals surface area contributed by atoms with Crippen molar-refractivity contribution in [2.75, 3.05) is 17.4 Å². The molecule has 0 fully saturated rings. The fourth-order valence-electron chi connectivity index (χ4n) is 3.87. The second-order valence-electron chi connectivity index (χ2n) is 9.28. The Morgan fingerprint density at radius 3 is 2.13 bits per heavy atom. The van der Waals surface area contributed by atoms with Crippen LogP contribution in [-0.2, 0) is 26.2 Å². The molecule has 9 heteroatoms. The van der Waals surface area contributed by atoms with Crippen molar-refractivity contribution < 1.29 is 18.0 Å². The molecule has 1 N–H and O–H groups in total. The predicted molar refractivity (Wildman–Crippen MR) is 154 cm³/mol. The van der Waals surface area contributed by atoms with Crippen LogP contribution in [0.3, 0.4) is 0 Å². The van der Waals surface area contributed by atoms with Crippen molar-refractivity contribution in [2.24, 2.45) is 0 Å².